The molecule has 182 valence electrons. The van der Waals surface area contributed by atoms with Crippen LogP contribution in [0.3, 0.4) is 0 Å². The molecular formula is C25H30N2O7. The van der Waals surface area contributed by atoms with E-state index in [0.29, 0.717) is 49.5 Å². The van der Waals surface area contributed by atoms with Crippen LogP contribution in [-0.2, 0) is 19.1 Å². The number of benzene rings is 2. The predicted octanol–water partition coefficient (Wildman–Crippen LogP) is 2.38. The van der Waals surface area contributed by atoms with Gasteiger partial charge in [0.05, 0.1) is 12.5 Å². The molecule has 9 heteroatoms. The number of rotatable bonds is 9. The number of carbonyl (C=O) groups is 3. The van der Waals surface area contributed by atoms with E-state index in [1.807, 2.05) is 30.3 Å². The molecular weight excluding hydrogens is 440 g/mol. The van der Waals surface area contributed by atoms with Gasteiger partial charge in [0, 0.05) is 11.7 Å². The van der Waals surface area contributed by atoms with Gasteiger partial charge in [-0.3, -0.25) is 14.4 Å². The Labute approximate surface area is 198 Å². The van der Waals surface area contributed by atoms with Crippen molar-refractivity contribution >= 4 is 23.5 Å². The highest BCUT2D eigenvalue weighted by Crippen LogP contribution is 2.26. The van der Waals surface area contributed by atoms with Gasteiger partial charge in [-0.25, -0.2) is 0 Å². The van der Waals surface area contributed by atoms with Gasteiger partial charge < -0.3 is 30.3 Å². The van der Waals surface area contributed by atoms with Gasteiger partial charge in [0.1, 0.15) is 11.5 Å². The Hall–Kier alpha value is -3.43. The molecule has 1 aliphatic carbocycles. The van der Waals surface area contributed by atoms with Gasteiger partial charge in [-0.05, 0) is 69.0 Å². The number of ether oxygens (including phenoxy) is 2. The maximum atomic E-state index is 12.3. The first-order valence-corrected chi connectivity index (χ1v) is 11.3. The second-order valence-electron chi connectivity index (χ2n) is 8.13. The molecule has 0 aromatic heterocycles. The summed E-state index contributed by atoms with van der Waals surface area (Å²) in [6, 6.07) is 15.4. The lowest BCUT2D eigenvalue weighted by atomic mass is 9.86. The lowest BCUT2D eigenvalue weighted by Gasteiger charge is -2.29. The number of carbonyl (C=O) groups excluding carboxylic acids is 3. The number of hydrogen-bond acceptors (Lipinski definition) is 7. The molecule has 2 unspecified atom stereocenters. The first-order chi connectivity index (χ1) is 16.4. The summed E-state index contributed by atoms with van der Waals surface area (Å²) >= 11 is 0. The highest BCUT2D eigenvalue weighted by molar-refractivity contribution is 5.98. The van der Waals surface area contributed by atoms with Crippen LogP contribution in [0, 0.1) is 5.92 Å². The second-order valence-corrected chi connectivity index (χ2v) is 8.13. The lowest BCUT2D eigenvalue weighted by molar-refractivity contribution is -0.149. The number of aliphatic hydroxyl groups excluding tert-OH is 2. The molecule has 1 saturated carbocycles. The molecule has 0 saturated heterocycles. The van der Waals surface area contributed by atoms with Gasteiger partial charge in [0.15, 0.2) is 12.2 Å². The summed E-state index contributed by atoms with van der Waals surface area (Å²) in [6.07, 6.45) is -1.66. The molecule has 1 aliphatic rings. The quantitative estimate of drug-likeness (QED) is 0.413. The minimum Gasteiger partial charge on any atom is -0.466 e. The molecule has 3 rings (SSSR count). The van der Waals surface area contributed by atoms with E-state index in [4.69, 9.17) is 9.47 Å². The fourth-order valence-corrected chi connectivity index (χ4v) is 3.75. The highest BCUT2D eigenvalue weighted by Gasteiger charge is 2.33. The van der Waals surface area contributed by atoms with Crippen molar-refractivity contribution in [2.24, 2.45) is 5.92 Å². The SMILES string of the molecule is CCOC(=O)C1CCC(NC(=O)C(O)C(O)C(=O)Nc2ccc(Oc3ccccc3)cc2)CC1. The van der Waals surface area contributed by atoms with Crippen LogP contribution in [0.5, 0.6) is 11.5 Å². The molecule has 2 aromatic rings. The van der Waals surface area contributed by atoms with E-state index in [1.165, 1.54) is 0 Å². The molecule has 0 bridgehead atoms. The molecule has 0 spiro atoms. The standard InChI is InChI=1S/C25H30N2O7/c1-2-33-25(32)16-8-10-17(11-9-16)26-23(30)21(28)22(29)24(31)27-18-12-14-20(15-13-18)34-19-6-4-3-5-7-19/h3-7,12-17,21-22,28-29H,2,8-11H2,1H3,(H,26,30)(H,27,31). The number of hydrogen-bond donors (Lipinski definition) is 4. The molecule has 0 heterocycles. The molecule has 2 atom stereocenters. The van der Waals surface area contributed by atoms with Gasteiger partial charge in [-0.2, -0.15) is 0 Å². The summed E-state index contributed by atoms with van der Waals surface area (Å²) in [5.41, 5.74) is 0.370. The van der Waals surface area contributed by atoms with E-state index in [9.17, 15) is 24.6 Å². The number of para-hydroxylation sites is 1. The van der Waals surface area contributed by atoms with E-state index < -0.39 is 24.0 Å². The molecule has 34 heavy (non-hydrogen) atoms. The van der Waals surface area contributed by atoms with Crippen LogP contribution < -0.4 is 15.4 Å². The smallest absolute Gasteiger partial charge is 0.308 e. The Morgan fingerprint density at radius 2 is 1.47 bits per heavy atom. The largest absolute Gasteiger partial charge is 0.466 e. The van der Waals surface area contributed by atoms with Crippen LogP contribution in [0.1, 0.15) is 32.6 Å². The Bertz CT molecular complexity index is 957. The fourth-order valence-electron chi connectivity index (χ4n) is 3.75. The first-order valence-electron chi connectivity index (χ1n) is 11.3. The zero-order valence-electron chi connectivity index (χ0n) is 19.0. The summed E-state index contributed by atoms with van der Waals surface area (Å²) in [7, 11) is 0. The minimum absolute atomic E-state index is 0.195. The van der Waals surface area contributed by atoms with Crippen molar-refractivity contribution in [3.63, 3.8) is 0 Å². The van der Waals surface area contributed by atoms with Crippen LogP contribution in [0.25, 0.3) is 0 Å². The van der Waals surface area contributed by atoms with Crippen molar-refractivity contribution in [3.8, 4) is 11.5 Å². The van der Waals surface area contributed by atoms with E-state index in [-0.39, 0.29) is 17.9 Å². The summed E-state index contributed by atoms with van der Waals surface area (Å²) in [6.45, 7) is 2.08. The van der Waals surface area contributed by atoms with Gasteiger partial charge in [0.2, 0.25) is 0 Å². The van der Waals surface area contributed by atoms with E-state index in [2.05, 4.69) is 10.6 Å². The van der Waals surface area contributed by atoms with Crippen LogP contribution in [0.4, 0.5) is 5.69 Å². The Morgan fingerprint density at radius 1 is 0.882 bits per heavy atom. The molecule has 1 fully saturated rings. The van der Waals surface area contributed by atoms with Crippen LogP contribution in [0.15, 0.2) is 54.6 Å². The third-order valence-electron chi connectivity index (χ3n) is 5.63. The second kappa shape index (κ2) is 12.2. The highest BCUT2D eigenvalue weighted by atomic mass is 16.5. The van der Waals surface area contributed by atoms with Crippen molar-refractivity contribution in [1.29, 1.82) is 0 Å². The number of esters is 1. The first kappa shape index (κ1) is 25.2. The Morgan fingerprint density at radius 3 is 2.09 bits per heavy atom. The van der Waals surface area contributed by atoms with E-state index in [1.54, 1.807) is 31.2 Å². The van der Waals surface area contributed by atoms with Crippen molar-refractivity contribution < 1.29 is 34.1 Å². The number of nitrogens with one attached hydrogen (secondary N) is 2. The van der Waals surface area contributed by atoms with Gasteiger partial charge in [-0.15, -0.1) is 0 Å². The molecule has 0 aliphatic heterocycles. The maximum Gasteiger partial charge on any atom is 0.308 e. The fraction of sp³-hybridized carbons (Fsp3) is 0.400. The van der Waals surface area contributed by atoms with Gasteiger partial charge in [-0.1, -0.05) is 18.2 Å². The maximum absolute atomic E-state index is 12.3. The number of aliphatic hydroxyl groups is 2. The average Bonchev–Trinajstić information content (AvgIpc) is 2.85. The predicted molar refractivity (Wildman–Crippen MR) is 124 cm³/mol. The van der Waals surface area contributed by atoms with Crippen LogP contribution >= 0.6 is 0 Å². The van der Waals surface area contributed by atoms with Crippen molar-refractivity contribution in [2.75, 3.05) is 11.9 Å². The van der Waals surface area contributed by atoms with Crippen molar-refractivity contribution in [1.82, 2.24) is 5.32 Å². The third kappa shape index (κ3) is 7.03. The number of anilines is 1. The summed E-state index contributed by atoms with van der Waals surface area (Å²) in [4.78, 5) is 36.5. The monoisotopic (exact) mass is 470 g/mol. The normalized spacial score (nSPS) is 19.4. The molecule has 9 nitrogen and oxygen atoms in total. The lowest BCUT2D eigenvalue weighted by Crippen LogP contribution is -2.50. The van der Waals surface area contributed by atoms with Gasteiger partial charge in [0.25, 0.3) is 11.8 Å². The molecule has 4 N–H and O–H groups in total. The third-order valence-corrected chi connectivity index (χ3v) is 5.63. The van der Waals surface area contributed by atoms with Crippen molar-refractivity contribution in [3.05, 3.63) is 54.6 Å². The number of amides is 2. The van der Waals surface area contributed by atoms with E-state index in [0.717, 1.165) is 0 Å². The van der Waals surface area contributed by atoms with Gasteiger partial charge >= 0.3 is 5.97 Å². The summed E-state index contributed by atoms with van der Waals surface area (Å²) < 4.78 is 10.7. The van der Waals surface area contributed by atoms with Crippen molar-refractivity contribution in [2.45, 2.75) is 50.9 Å². The average molecular weight is 471 g/mol. The Balaban J connectivity index is 1.45. The summed E-state index contributed by atoms with van der Waals surface area (Å²) in [5.74, 6) is -0.961. The van der Waals surface area contributed by atoms with E-state index >= 15 is 0 Å². The Kier molecular flexibility index (Phi) is 9.00. The van der Waals surface area contributed by atoms with Crippen LogP contribution in [0.2, 0.25) is 0 Å². The molecule has 2 aromatic carbocycles. The minimum atomic E-state index is -1.95. The molecule has 0 radical (unpaired) electrons. The summed E-state index contributed by atoms with van der Waals surface area (Å²) in [5, 5.41) is 25.4. The topological polar surface area (TPSA) is 134 Å². The zero-order valence-corrected chi connectivity index (χ0v) is 19.0. The molecule has 2 amide bonds. The zero-order chi connectivity index (χ0) is 24.5. The van der Waals surface area contributed by atoms with Crippen LogP contribution in [-0.4, -0.2) is 52.9 Å².